The molecule has 0 bridgehead atoms. The van der Waals surface area contributed by atoms with E-state index < -0.39 is 0 Å². The fourth-order valence-electron chi connectivity index (χ4n) is 0.164. The van der Waals surface area contributed by atoms with Gasteiger partial charge in [0.2, 0.25) is 0 Å². The van der Waals surface area contributed by atoms with Gasteiger partial charge in [-0.2, -0.15) is 0 Å². The van der Waals surface area contributed by atoms with Gasteiger partial charge < -0.3 is 4.74 Å². The maximum Gasteiger partial charge on any atom is 0.0986 e. The van der Waals surface area contributed by atoms with Gasteiger partial charge in [0, 0.05) is 0 Å². The highest BCUT2D eigenvalue weighted by Crippen LogP contribution is 2.07. The summed E-state index contributed by atoms with van der Waals surface area (Å²) in [5, 5.41) is 0. The first-order chi connectivity index (χ1) is 3.06. The average molecular weight is 214 g/mol. The Morgan fingerprint density at radius 1 is 1.43 bits per heavy atom. The summed E-state index contributed by atoms with van der Waals surface area (Å²) in [7, 11) is 0. The van der Waals surface area contributed by atoms with E-state index in [4.69, 9.17) is 4.74 Å². The van der Waals surface area contributed by atoms with E-state index in [1.54, 1.807) is 0 Å². The Kier molecular flexibility index (Phi) is 3.15. The molecule has 0 aliphatic carbocycles. The van der Waals surface area contributed by atoms with Crippen LogP contribution >= 0.6 is 22.6 Å². The highest BCUT2D eigenvalue weighted by Gasteiger charge is 2.06. The van der Waals surface area contributed by atoms with Crippen LogP contribution in [0.1, 0.15) is 20.8 Å². The van der Waals surface area contributed by atoms with Crippen LogP contribution in [0.2, 0.25) is 0 Å². The third kappa shape index (κ3) is 6.69. The van der Waals surface area contributed by atoms with Crippen LogP contribution in [0, 0.1) is 0 Å². The van der Waals surface area contributed by atoms with Crippen LogP contribution in [0.4, 0.5) is 0 Å². The number of hydrogen-bond donors (Lipinski definition) is 0. The minimum absolute atomic E-state index is 0.0428. The molecule has 0 saturated heterocycles. The molecule has 0 aromatic rings. The average Bonchev–Trinajstić information content (AvgIpc) is 1.30. The van der Waals surface area contributed by atoms with Crippen molar-refractivity contribution in [1.82, 2.24) is 0 Å². The van der Waals surface area contributed by atoms with Crippen LogP contribution in [-0.2, 0) is 4.74 Å². The zero-order valence-electron chi connectivity index (χ0n) is 4.99. The lowest BCUT2D eigenvalue weighted by Crippen LogP contribution is -2.17. The minimum atomic E-state index is 0.0428. The van der Waals surface area contributed by atoms with E-state index in [0.717, 1.165) is 4.61 Å². The molecule has 0 atom stereocenters. The summed E-state index contributed by atoms with van der Waals surface area (Å²) in [6.45, 7) is 6.14. The normalized spacial score (nSPS) is 12.0. The fourth-order valence-corrected chi connectivity index (χ4v) is 1.10. The third-order valence-corrected chi connectivity index (χ3v) is 0.799. The van der Waals surface area contributed by atoms with Gasteiger partial charge >= 0.3 is 0 Å². The molecular weight excluding hydrogens is 203 g/mol. The highest BCUT2D eigenvalue weighted by molar-refractivity contribution is 14.1. The quantitative estimate of drug-likeness (QED) is 0.480. The third-order valence-electron chi connectivity index (χ3n) is 0.488. The maximum absolute atomic E-state index is 5.22. The molecule has 0 N–H and O–H groups in total. The predicted molar refractivity (Wildman–Crippen MR) is 39.7 cm³/mol. The number of halogens is 1. The molecule has 0 radical (unpaired) electrons. The zero-order chi connectivity index (χ0) is 5.91. The van der Waals surface area contributed by atoms with Gasteiger partial charge in [0.15, 0.2) is 0 Å². The fraction of sp³-hybridized carbons (Fsp3) is 1.00. The molecule has 2 heteroatoms. The van der Waals surface area contributed by atoms with E-state index in [9.17, 15) is 0 Å². The summed E-state index contributed by atoms with van der Waals surface area (Å²) in [5.74, 6) is 0. The van der Waals surface area contributed by atoms with E-state index >= 15 is 0 Å². The number of ether oxygens (including phenoxy) is 1. The highest BCUT2D eigenvalue weighted by atomic mass is 127. The van der Waals surface area contributed by atoms with Crippen LogP contribution in [0.3, 0.4) is 0 Å². The van der Waals surface area contributed by atoms with Gasteiger partial charge in [0.25, 0.3) is 0 Å². The van der Waals surface area contributed by atoms with Crippen molar-refractivity contribution < 1.29 is 4.74 Å². The second-order valence-electron chi connectivity index (χ2n) is 2.37. The van der Waals surface area contributed by atoms with Crippen molar-refractivity contribution in [1.29, 1.82) is 0 Å². The monoisotopic (exact) mass is 214 g/mol. The van der Waals surface area contributed by atoms with Crippen LogP contribution in [-0.4, -0.2) is 10.2 Å². The minimum Gasteiger partial charge on any atom is -0.366 e. The van der Waals surface area contributed by atoms with Crippen LogP contribution in [0.5, 0.6) is 0 Å². The van der Waals surface area contributed by atoms with Crippen LogP contribution < -0.4 is 0 Å². The van der Waals surface area contributed by atoms with Crippen molar-refractivity contribution in [2.45, 2.75) is 26.4 Å². The van der Waals surface area contributed by atoms with Crippen molar-refractivity contribution in [2.75, 3.05) is 4.61 Å². The summed E-state index contributed by atoms with van der Waals surface area (Å²) in [6, 6.07) is 0. The van der Waals surface area contributed by atoms with E-state index in [-0.39, 0.29) is 5.60 Å². The molecule has 0 amide bonds. The molecule has 0 saturated carbocycles. The van der Waals surface area contributed by atoms with Crippen LogP contribution in [0.25, 0.3) is 0 Å². The molecule has 1 nitrogen and oxygen atoms in total. The molecular formula is C5H11IO. The van der Waals surface area contributed by atoms with Crippen molar-refractivity contribution in [3.8, 4) is 0 Å². The van der Waals surface area contributed by atoms with Gasteiger partial charge in [-0.1, -0.05) is 22.6 Å². The Balaban J connectivity index is 3.15. The molecule has 44 valence electrons. The number of hydrogen-bond acceptors (Lipinski definition) is 1. The lowest BCUT2D eigenvalue weighted by molar-refractivity contribution is 0.0343. The van der Waals surface area contributed by atoms with Gasteiger partial charge in [-0.3, -0.25) is 0 Å². The number of alkyl halides is 1. The SMILES string of the molecule is CC(C)(C)OCI. The molecule has 0 spiro atoms. The molecule has 0 aromatic heterocycles. The zero-order valence-corrected chi connectivity index (χ0v) is 7.15. The van der Waals surface area contributed by atoms with Gasteiger partial charge in [-0.25, -0.2) is 0 Å². The molecule has 7 heavy (non-hydrogen) atoms. The van der Waals surface area contributed by atoms with Gasteiger partial charge in [-0.15, -0.1) is 0 Å². The molecule has 0 unspecified atom stereocenters. The Labute approximate surface area is 58.6 Å². The lowest BCUT2D eigenvalue weighted by atomic mass is 10.2. The van der Waals surface area contributed by atoms with Crippen molar-refractivity contribution in [3.05, 3.63) is 0 Å². The Hall–Kier alpha value is 0.690. The summed E-state index contributed by atoms with van der Waals surface area (Å²) in [6.07, 6.45) is 0. The topological polar surface area (TPSA) is 9.23 Å². The smallest absolute Gasteiger partial charge is 0.0986 e. The molecule has 0 rings (SSSR count). The van der Waals surface area contributed by atoms with Crippen molar-refractivity contribution in [2.24, 2.45) is 0 Å². The predicted octanol–water partition coefficient (Wildman–Crippen LogP) is 2.19. The number of rotatable bonds is 1. The van der Waals surface area contributed by atoms with E-state index in [0.29, 0.717) is 0 Å². The Morgan fingerprint density at radius 2 is 1.86 bits per heavy atom. The summed E-state index contributed by atoms with van der Waals surface area (Å²) in [4.78, 5) is 0. The first kappa shape index (κ1) is 7.69. The molecule has 0 fully saturated rings. The summed E-state index contributed by atoms with van der Waals surface area (Å²) in [5.41, 5.74) is 0.0428. The van der Waals surface area contributed by atoms with E-state index in [2.05, 4.69) is 22.6 Å². The second kappa shape index (κ2) is 2.87. The van der Waals surface area contributed by atoms with Gasteiger partial charge in [0.05, 0.1) is 10.2 Å². The molecule has 0 aromatic carbocycles. The Morgan fingerprint density at radius 3 is 1.86 bits per heavy atom. The lowest BCUT2D eigenvalue weighted by Gasteiger charge is -2.16. The van der Waals surface area contributed by atoms with Crippen molar-refractivity contribution in [3.63, 3.8) is 0 Å². The molecule has 0 aliphatic rings. The second-order valence-corrected chi connectivity index (χ2v) is 2.99. The van der Waals surface area contributed by atoms with Gasteiger partial charge in [-0.05, 0) is 20.8 Å². The summed E-state index contributed by atoms with van der Waals surface area (Å²) >= 11 is 2.19. The standard InChI is InChI=1S/C5H11IO/c1-5(2,3)7-4-6/h4H2,1-3H3. The first-order valence-corrected chi connectivity index (χ1v) is 3.79. The first-order valence-electron chi connectivity index (χ1n) is 2.26. The largest absolute Gasteiger partial charge is 0.366 e. The van der Waals surface area contributed by atoms with E-state index in [1.165, 1.54) is 0 Å². The van der Waals surface area contributed by atoms with E-state index in [1.807, 2.05) is 20.8 Å². The molecule has 0 aliphatic heterocycles. The molecule has 0 heterocycles. The van der Waals surface area contributed by atoms with Crippen LogP contribution in [0.15, 0.2) is 0 Å². The Bertz CT molecular complexity index is 46.5. The van der Waals surface area contributed by atoms with Gasteiger partial charge in [0.1, 0.15) is 0 Å². The van der Waals surface area contributed by atoms with Crippen molar-refractivity contribution >= 4 is 22.6 Å². The maximum atomic E-state index is 5.22. The summed E-state index contributed by atoms with van der Waals surface area (Å²) < 4.78 is 5.99.